The average molecular weight is 342 g/mol. The third-order valence-corrected chi connectivity index (χ3v) is 4.69. The number of nitrogens with one attached hydrogen (secondary N) is 1. The summed E-state index contributed by atoms with van der Waals surface area (Å²) in [6.45, 7) is 1.47. The van der Waals surface area contributed by atoms with Crippen LogP contribution in [0.15, 0.2) is 47.4 Å². The zero-order valence-corrected chi connectivity index (χ0v) is 12.7. The van der Waals surface area contributed by atoms with E-state index < -0.39 is 32.6 Å². The molecule has 0 saturated carbocycles. The van der Waals surface area contributed by atoms with E-state index in [4.69, 9.17) is 0 Å². The average Bonchev–Trinajstić information content (AvgIpc) is 2.49. The molecule has 2 aromatic rings. The van der Waals surface area contributed by atoms with Gasteiger partial charge < -0.3 is 0 Å². The van der Waals surface area contributed by atoms with Gasteiger partial charge in [0.15, 0.2) is 11.6 Å². The lowest BCUT2D eigenvalue weighted by molar-refractivity contribution is -0.384. The molecular formula is C14H12F2N2O4S. The van der Waals surface area contributed by atoms with Gasteiger partial charge >= 0.3 is 0 Å². The van der Waals surface area contributed by atoms with Crippen LogP contribution in [0.2, 0.25) is 0 Å². The molecule has 0 heterocycles. The second-order valence-electron chi connectivity index (χ2n) is 4.77. The maximum absolute atomic E-state index is 13.2. The van der Waals surface area contributed by atoms with Crippen LogP contribution in [0.25, 0.3) is 0 Å². The van der Waals surface area contributed by atoms with Gasteiger partial charge in [-0.05, 0) is 36.8 Å². The molecule has 1 N–H and O–H groups in total. The first-order valence-electron chi connectivity index (χ1n) is 6.42. The highest BCUT2D eigenvalue weighted by molar-refractivity contribution is 7.89. The van der Waals surface area contributed by atoms with Crippen LogP contribution >= 0.6 is 0 Å². The number of benzene rings is 2. The molecule has 0 amide bonds. The highest BCUT2D eigenvalue weighted by atomic mass is 32.2. The van der Waals surface area contributed by atoms with E-state index in [1.807, 2.05) is 0 Å². The predicted octanol–water partition coefficient (Wildman–Crippen LogP) is 2.91. The number of nitro groups is 1. The number of non-ortho nitro benzene ring substituents is 1. The highest BCUT2D eigenvalue weighted by Gasteiger charge is 2.20. The Balaban J connectivity index is 2.22. The van der Waals surface area contributed by atoms with Crippen molar-refractivity contribution in [1.29, 1.82) is 0 Å². The van der Waals surface area contributed by atoms with E-state index in [1.54, 1.807) is 0 Å². The number of hydrogen-bond donors (Lipinski definition) is 1. The van der Waals surface area contributed by atoms with Crippen molar-refractivity contribution in [2.45, 2.75) is 17.9 Å². The summed E-state index contributed by atoms with van der Waals surface area (Å²) in [4.78, 5) is 9.74. The molecule has 0 aliphatic rings. The first-order chi connectivity index (χ1) is 10.7. The number of nitrogens with zero attached hydrogens (tertiary/aromatic N) is 1. The van der Waals surface area contributed by atoms with Gasteiger partial charge in [-0.3, -0.25) is 10.1 Å². The molecule has 0 aromatic heterocycles. The van der Waals surface area contributed by atoms with Crippen LogP contribution < -0.4 is 4.72 Å². The maximum Gasteiger partial charge on any atom is 0.269 e. The molecule has 23 heavy (non-hydrogen) atoms. The Kier molecular flexibility index (Phi) is 4.71. The lowest BCUT2D eigenvalue weighted by Crippen LogP contribution is -2.27. The Hall–Kier alpha value is -2.39. The van der Waals surface area contributed by atoms with E-state index in [0.717, 1.165) is 36.4 Å². The summed E-state index contributed by atoms with van der Waals surface area (Å²) in [5, 5.41) is 10.6. The molecule has 0 radical (unpaired) electrons. The smallest absolute Gasteiger partial charge is 0.258 e. The van der Waals surface area contributed by atoms with E-state index in [1.165, 1.54) is 13.0 Å². The molecule has 2 aromatic carbocycles. The van der Waals surface area contributed by atoms with Crippen LogP contribution in [0.5, 0.6) is 0 Å². The Morgan fingerprint density at radius 2 is 1.70 bits per heavy atom. The van der Waals surface area contributed by atoms with Gasteiger partial charge in [-0.15, -0.1) is 0 Å². The summed E-state index contributed by atoms with van der Waals surface area (Å²) >= 11 is 0. The standard InChI is InChI=1S/C14H12F2N2O4S/c1-9(10-2-7-13(15)14(16)8-10)17-23(21,22)12-5-3-11(4-6-12)18(19)20/h2-9,17H,1H3/t9-/m1/s1. The van der Waals surface area contributed by atoms with Gasteiger partial charge in [0.2, 0.25) is 10.0 Å². The predicted molar refractivity (Wildman–Crippen MR) is 78.2 cm³/mol. The van der Waals surface area contributed by atoms with Crippen molar-refractivity contribution >= 4 is 15.7 Å². The molecule has 122 valence electrons. The first-order valence-corrected chi connectivity index (χ1v) is 7.91. The van der Waals surface area contributed by atoms with Crippen LogP contribution in [0.1, 0.15) is 18.5 Å². The quantitative estimate of drug-likeness (QED) is 0.668. The summed E-state index contributed by atoms with van der Waals surface area (Å²) < 4.78 is 52.8. The fraction of sp³-hybridized carbons (Fsp3) is 0.143. The topological polar surface area (TPSA) is 89.3 Å². The van der Waals surface area contributed by atoms with E-state index in [-0.39, 0.29) is 16.1 Å². The van der Waals surface area contributed by atoms with Gasteiger partial charge in [0.25, 0.3) is 5.69 Å². The molecule has 2 rings (SSSR count). The summed E-state index contributed by atoms with van der Waals surface area (Å²) in [6.07, 6.45) is 0. The zero-order chi connectivity index (χ0) is 17.2. The third kappa shape index (κ3) is 3.88. The molecule has 0 fully saturated rings. The molecule has 0 unspecified atom stereocenters. The molecule has 0 spiro atoms. The van der Waals surface area contributed by atoms with Crippen molar-refractivity contribution in [2.75, 3.05) is 0 Å². The summed E-state index contributed by atoms with van der Waals surface area (Å²) in [5.41, 5.74) is 0.00647. The number of sulfonamides is 1. The van der Waals surface area contributed by atoms with E-state index in [9.17, 15) is 27.3 Å². The van der Waals surface area contributed by atoms with Gasteiger partial charge in [-0.25, -0.2) is 21.9 Å². The monoisotopic (exact) mass is 342 g/mol. The minimum absolute atomic E-state index is 0.169. The number of halogens is 2. The van der Waals surface area contributed by atoms with Crippen molar-refractivity contribution in [3.8, 4) is 0 Å². The molecule has 6 nitrogen and oxygen atoms in total. The molecular weight excluding hydrogens is 330 g/mol. The SMILES string of the molecule is C[C@@H](NS(=O)(=O)c1ccc([N+](=O)[O-])cc1)c1ccc(F)c(F)c1. The van der Waals surface area contributed by atoms with Gasteiger partial charge in [0.05, 0.1) is 9.82 Å². The first kappa shape index (κ1) is 17.0. The summed E-state index contributed by atoms with van der Waals surface area (Å²) in [7, 11) is -3.96. The Morgan fingerprint density at radius 1 is 1.09 bits per heavy atom. The summed E-state index contributed by atoms with van der Waals surface area (Å²) in [5.74, 6) is -2.11. The van der Waals surface area contributed by atoms with Crippen LogP contribution in [-0.4, -0.2) is 13.3 Å². The molecule has 0 aliphatic carbocycles. The Morgan fingerprint density at radius 3 is 2.22 bits per heavy atom. The molecule has 0 aliphatic heterocycles. The van der Waals surface area contributed by atoms with Crippen molar-refractivity contribution in [2.24, 2.45) is 0 Å². The minimum Gasteiger partial charge on any atom is -0.258 e. The fourth-order valence-electron chi connectivity index (χ4n) is 1.90. The number of hydrogen-bond acceptors (Lipinski definition) is 4. The van der Waals surface area contributed by atoms with Gasteiger partial charge in [-0.2, -0.15) is 0 Å². The van der Waals surface area contributed by atoms with Gasteiger partial charge in [0, 0.05) is 18.2 Å². The van der Waals surface area contributed by atoms with Gasteiger partial charge in [0.1, 0.15) is 0 Å². The van der Waals surface area contributed by atoms with Crippen molar-refractivity contribution < 1.29 is 22.1 Å². The lowest BCUT2D eigenvalue weighted by atomic mass is 10.1. The van der Waals surface area contributed by atoms with Crippen LogP contribution in [0.3, 0.4) is 0 Å². The molecule has 9 heteroatoms. The Bertz CT molecular complexity index is 838. The van der Waals surface area contributed by atoms with Crippen molar-refractivity contribution in [3.05, 3.63) is 69.8 Å². The highest BCUT2D eigenvalue weighted by Crippen LogP contribution is 2.20. The number of nitro benzene ring substituents is 1. The summed E-state index contributed by atoms with van der Waals surface area (Å²) in [6, 6.07) is 6.58. The van der Waals surface area contributed by atoms with Gasteiger partial charge in [-0.1, -0.05) is 6.07 Å². The second-order valence-corrected chi connectivity index (χ2v) is 6.48. The Labute approximate surface area is 131 Å². The normalized spacial score (nSPS) is 12.8. The maximum atomic E-state index is 13.2. The van der Waals surface area contributed by atoms with Crippen LogP contribution in [-0.2, 0) is 10.0 Å². The van der Waals surface area contributed by atoms with Crippen LogP contribution in [0.4, 0.5) is 14.5 Å². The minimum atomic E-state index is -3.96. The molecule has 0 bridgehead atoms. The molecule has 1 atom stereocenters. The van der Waals surface area contributed by atoms with Crippen LogP contribution in [0, 0.1) is 21.7 Å². The fourth-order valence-corrected chi connectivity index (χ4v) is 3.13. The third-order valence-electron chi connectivity index (χ3n) is 3.13. The van der Waals surface area contributed by atoms with Crippen molar-refractivity contribution in [1.82, 2.24) is 4.72 Å². The number of rotatable bonds is 5. The zero-order valence-electron chi connectivity index (χ0n) is 11.9. The van der Waals surface area contributed by atoms with E-state index in [2.05, 4.69) is 4.72 Å². The lowest BCUT2D eigenvalue weighted by Gasteiger charge is -2.15. The second kappa shape index (κ2) is 6.39. The van der Waals surface area contributed by atoms with Crippen molar-refractivity contribution in [3.63, 3.8) is 0 Å². The van der Waals surface area contributed by atoms with E-state index >= 15 is 0 Å². The molecule has 0 saturated heterocycles. The van der Waals surface area contributed by atoms with E-state index in [0.29, 0.717) is 0 Å². The largest absolute Gasteiger partial charge is 0.269 e.